The summed E-state index contributed by atoms with van der Waals surface area (Å²) in [6.45, 7) is 5.71. The molecular weight excluding hydrogens is 481 g/mol. The van der Waals surface area contributed by atoms with E-state index in [2.05, 4.69) is 26.1 Å². The molecule has 0 aliphatic carbocycles. The third-order valence-electron chi connectivity index (χ3n) is 4.64. The minimum atomic E-state index is -4.70. The summed E-state index contributed by atoms with van der Waals surface area (Å²) in [5.41, 5.74) is -0.376. The van der Waals surface area contributed by atoms with E-state index < -0.39 is 39.9 Å². The van der Waals surface area contributed by atoms with E-state index in [0.717, 1.165) is 24.0 Å². The van der Waals surface area contributed by atoms with Gasteiger partial charge in [-0.15, -0.1) is 0 Å². The predicted molar refractivity (Wildman–Crippen MR) is 122 cm³/mol. The van der Waals surface area contributed by atoms with Gasteiger partial charge in [0.2, 0.25) is 15.9 Å². The lowest BCUT2D eigenvalue weighted by Crippen LogP contribution is -2.41. The third kappa shape index (κ3) is 7.82. The number of alkyl halides is 3. The van der Waals surface area contributed by atoms with Gasteiger partial charge in [0.15, 0.2) is 0 Å². The second-order valence-electron chi connectivity index (χ2n) is 8.41. The van der Waals surface area contributed by atoms with Crippen LogP contribution in [0.25, 0.3) is 0 Å². The smallest absolute Gasteiger partial charge is 0.416 e. The highest BCUT2D eigenvalue weighted by Crippen LogP contribution is 2.36. The largest absolute Gasteiger partial charge is 0.492 e. The van der Waals surface area contributed by atoms with Gasteiger partial charge in [-0.2, -0.15) is 13.2 Å². The molecule has 0 bridgehead atoms. The summed E-state index contributed by atoms with van der Waals surface area (Å²) in [6, 6.07) is 9.77. The van der Waals surface area contributed by atoms with E-state index in [0.29, 0.717) is 16.1 Å². The van der Waals surface area contributed by atoms with E-state index in [-0.39, 0.29) is 23.6 Å². The van der Waals surface area contributed by atoms with Crippen molar-refractivity contribution in [3.63, 3.8) is 0 Å². The molecule has 1 N–H and O–H groups in total. The third-order valence-corrected chi connectivity index (χ3v) is 6.09. The zero-order chi connectivity index (χ0) is 25.0. The highest BCUT2D eigenvalue weighted by Gasteiger charge is 2.33. The van der Waals surface area contributed by atoms with E-state index >= 15 is 0 Å². The minimum Gasteiger partial charge on any atom is -0.492 e. The second kappa shape index (κ2) is 10.2. The molecule has 182 valence electrons. The molecule has 0 radical (unpaired) electrons. The Bertz CT molecular complexity index is 1080. The van der Waals surface area contributed by atoms with E-state index in [1.807, 2.05) is 24.3 Å². The number of halogens is 4. The monoisotopic (exact) mass is 506 g/mol. The number of benzene rings is 2. The average Bonchev–Trinajstić information content (AvgIpc) is 2.68. The van der Waals surface area contributed by atoms with Gasteiger partial charge < -0.3 is 10.1 Å². The summed E-state index contributed by atoms with van der Waals surface area (Å²) in [4.78, 5) is 12.3. The number of hydrogen-bond acceptors (Lipinski definition) is 4. The Morgan fingerprint density at radius 1 is 1.06 bits per heavy atom. The van der Waals surface area contributed by atoms with Crippen molar-refractivity contribution in [1.82, 2.24) is 5.32 Å². The number of ether oxygens (including phenoxy) is 1. The van der Waals surface area contributed by atoms with Crippen molar-refractivity contribution in [2.24, 2.45) is 0 Å². The molecule has 0 aliphatic rings. The fraction of sp³-hybridized carbons (Fsp3) is 0.409. The maximum atomic E-state index is 13.0. The van der Waals surface area contributed by atoms with Gasteiger partial charge in [-0.05, 0) is 41.3 Å². The minimum absolute atomic E-state index is 0.000502. The second-order valence-corrected chi connectivity index (χ2v) is 10.7. The first-order valence-corrected chi connectivity index (χ1v) is 12.2. The maximum absolute atomic E-state index is 13.0. The summed E-state index contributed by atoms with van der Waals surface area (Å²) in [7, 11) is -4.10. The van der Waals surface area contributed by atoms with Gasteiger partial charge in [0.05, 0.1) is 29.1 Å². The first-order valence-electron chi connectivity index (χ1n) is 9.93. The number of sulfonamides is 1. The van der Waals surface area contributed by atoms with Crippen molar-refractivity contribution in [3.05, 3.63) is 58.6 Å². The summed E-state index contributed by atoms with van der Waals surface area (Å²) in [5.74, 6) is -0.119. The number of anilines is 1. The Morgan fingerprint density at radius 3 is 2.15 bits per heavy atom. The van der Waals surface area contributed by atoms with Crippen molar-refractivity contribution < 1.29 is 31.1 Å². The van der Waals surface area contributed by atoms with Crippen LogP contribution < -0.4 is 14.4 Å². The molecule has 11 heteroatoms. The van der Waals surface area contributed by atoms with Crippen molar-refractivity contribution >= 4 is 33.2 Å². The zero-order valence-electron chi connectivity index (χ0n) is 18.7. The Balaban J connectivity index is 2.00. The fourth-order valence-corrected chi connectivity index (χ4v) is 3.99. The number of hydrogen-bond donors (Lipinski definition) is 1. The van der Waals surface area contributed by atoms with E-state index in [9.17, 15) is 26.4 Å². The van der Waals surface area contributed by atoms with Crippen molar-refractivity contribution in [2.75, 3.05) is 30.3 Å². The molecule has 2 aromatic rings. The molecule has 0 atom stereocenters. The standard InChI is InChI=1S/C22H26ClF3N2O4S/c1-21(2,3)15-5-8-17(9-6-15)32-12-11-27-20(29)14-28(33(4,30)31)19-13-16(22(24,25)26)7-10-18(19)23/h5-10,13H,11-12,14H2,1-4H3,(H,27,29). The quantitative estimate of drug-likeness (QED) is 0.530. The molecule has 0 aliphatic heterocycles. The van der Waals surface area contributed by atoms with Gasteiger partial charge in [0, 0.05) is 0 Å². The molecule has 0 spiro atoms. The van der Waals surface area contributed by atoms with Crippen LogP contribution in [0.5, 0.6) is 5.75 Å². The van der Waals surface area contributed by atoms with Gasteiger partial charge >= 0.3 is 6.18 Å². The first-order chi connectivity index (χ1) is 15.1. The van der Waals surface area contributed by atoms with Crippen LogP contribution in [0, 0.1) is 0 Å². The number of nitrogens with zero attached hydrogens (tertiary/aromatic N) is 1. The van der Waals surface area contributed by atoms with Crippen LogP contribution in [-0.4, -0.2) is 40.3 Å². The van der Waals surface area contributed by atoms with Crippen LogP contribution in [-0.2, 0) is 26.4 Å². The SMILES string of the molecule is CC(C)(C)c1ccc(OCCNC(=O)CN(c2cc(C(F)(F)F)ccc2Cl)S(C)(=O)=O)cc1. The van der Waals surface area contributed by atoms with E-state index in [1.165, 1.54) is 0 Å². The van der Waals surface area contributed by atoms with E-state index in [4.69, 9.17) is 16.3 Å². The van der Waals surface area contributed by atoms with Crippen LogP contribution in [0.4, 0.5) is 18.9 Å². The number of carbonyl (C=O) groups excluding carboxylic acids is 1. The van der Waals surface area contributed by atoms with E-state index in [1.54, 1.807) is 0 Å². The van der Waals surface area contributed by atoms with Gasteiger partial charge in [0.1, 0.15) is 18.9 Å². The van der Waals surface area contributed by atoms with Crippen molar-refractivity contribution in [1.29, 1.82) is 0 Å². The number of nitrogens with one attached hydrogen (secondary N) is 1. The number of rotatable bonds is 8. The van der Waals surface area contributed by atoms with Gasteiger partial charge in [0.25, 0.3) is 0 Å². The van der Waals surface area contributed by atoms with Gasteiger partial charge in [-0.3, -0.25) is 9.10 Å². The molecule has 0 heterocycles. The normalized spacial score (nSPS) is 12.4. The van der Waals surface area contributed by atoms with Crippen molar-refractivity contribution in [2.45, 2.75) is 32.4 Å². The first kappa shape index (κ1) is 26.8. The Hall–Kier alpha value is -2.46. The van der Waals surface area contributed by atoms with Gasteiger partial charge in [-0.1, -0.05) is 44.5 Å². The molecule has 0 unspecified atom stereocenters. The molecule has 0 aromatic heterocycles. The van der Waals surface area contributed by atoms with Crippen LogP contribution in [0.2, 0.25) is 5.02 Å². The van der Waals surface area contributed by atoms with Crippen LogP contribution in [0.15, 0.2) is 42.5 Å². The molecule has 0 fully saturated rings. The Labute approximate surface area is 196 Å². The summed E-state index contributed by atoms with van der Waals surface area (Å²) in [6.07, 6.45) is -3.92. The lowest BCUT2D eigenvalue weighted by atomic mass is 9.87. The van der Waals surface area contributed by atoms with Crippen LogP contribution in [0.1, 0.15) is 31.9 Å². The molecule has 2 aromatic carbocycles. The molecule has 1 amide bonds. The maximum Gasteiger partial charge on any atom is 0.416 e. The molecule has 0 saturated carbocycles. The molecule has 33 heavy (non-hydrogen) atoms. The number of amides is 1. The summed E-state index contributed by atoms with van der Waals surface area (Å²) >= 11 is 5.94. The Kier molecular flexibility index (Phi) is 8.29. The summed E-state index contributed by atoms with van der Waals surface area (Å²) < 4.78 is 69.6. The number of carbonyl (C=O) groups is 1. The van der Waals surface area contributed by atoms with Gasteiger partial charge in [-0.25, -0.2) is 8.42 Å². The lowest BCUT2D eigenvalue weighted by molar-refractivity contribution is -0.137. The van der Waals surface area contributed by atoms with Crippen molar-refractivity contribution in [3.8, 4) is 5.75 Å². The van der Waals surface area contributed by atoms with Crippen LogP contribution in [0.3, 0.4) is 0 Å². The molecular formula is C22H26ClF3N2O4S. The highest BCUT2D eigenvalue weighted by molar-refractivity contribution is 7.92. The zero-order valence-corrected chi connectivity index (χ0v) is 20.2. The molecule has 6 nitrogen and oxygen atoms in total. The predicted octanol–water partition coefficient (Wildman–Crippen LogP) is 4.62. The average molecular weight is 507 g/mol. The highest BCUT2D eigenvalue weighted by atomic mass is 35.5. The van der Waals surface area contributed by atoms with Crippen LogP contribution >= 0.6 is 11.6 Å². The lowest BCUT2D eigenvalue weighted by Gasteiger charge is -2.24. The molecule has 2 rings (SSSR count). The topological polar surface area (TPSA) is 75.7 Å². The Morgan fingerprint density at radius 2 is 1.64 bits per heavy atom. The summed E-state index contributed by atoms with van der Waals surface area (Å²) in [5, 5.41) is 2.26. The molecule has 0 saturated heterocycles. The fourth-order valence-electron chi connectivity index (χ4n) is 2.86.